The summed E-state index contributed by atoms with van der Waals surface area (Å²) in [5, 5.41) is 11.9. The predicted molar refractivity (Wildman–Crippen MR) is 128 cm³/mol. The lowest BCUT2D eigenvalue weighted by atomic mass is 9.66. The lowest BCUT2D eigenvalue weighted by Crippen LogP contribution is -2.59. The largest absolute Gasteiger partial charge is 0.385 e. The van der Waals surface area contributed by atoms with Crippen LogP contribution in [-0.4, -0.2) is 47.9 Å². The minimum absolute atomic E-state index is 0.00886. The Hall–Kier alpha value is -3.58. The summed E-state index contributed by atoms with van der Waals surface area (Å²) in [6.45, 7) is 0.497. The number of aromatic nitrogens is 4. The van der Waals surface area contributed by atoms with E-state index in [-0.39, 0.29) is 17.9 Å². The Morgan fingerprint density at radius 3 is 2.59 bits per heavy atom. The SMILES string of the molecule is O=C(c1nc(-c2cncnc2)c2ccccn12)N1CCC(O)(c2ccccc2)C2CCCCC21. The number of benzene rings is 1. The standard InChI is InChI=1S/C27H27N5O2/c33-26(25-30-24(19-16-28-18-29-17-19)23-12-6-7-14-31(23)25)32-15-13-27(34,20-8-2-1-3-9-20)21-10-4-5-11-22(21)32/h1-3,6-9,12,14,16-18,21-22,34H,4-5,10-11,13,15H2. The molecule has 7 nitrogen and oxygen atoms in total. The minimum atomic E-state index is -0.912. The molecule has 1 saturated carbocycles. The average molecular weight is 454 g/mol. The van der Waals surface area contributed by atoms with Gasteiger partial charge in [-0.25, -0.2) is 15.0 Å². The van der Waals surface area contributed by atoms with Gasteiger partial charge in [-0.2, -0.15) is 0 Å². The molecule has 4 aromatic rings. The van der Waals surface area contributed by atoms with E-state index in [1.807, 2.05) is 64.0 Å². The van der Waals surface area contributed by atoms with Crippen LogP contribution in [0.4, 0.5) is 0 Å². The molecule has 1 saturated heterocycles. The van der Waals surface area contributed by atoms with Crippen molar-refractivity contribution >= 4 is 11.4 Å². The highest BCUT2D eigenvalue weighted by molar-refractivity contribution is 5.94. The maximum Gasteiger partial charge on any atom is 0.290 e. The predicted octanol–water partition coefficient (Wildman–Crippen LogP) is 4.08. The molecule has 7 heteroatoms. The van der Waals surface area contributed by atoms with Crippen molar-refractivity contribution < 1.29 is 9.90 Å². The van der Waals surface area contributed by atoms with Crippen LogP contribution in [0.5, 0.6) is 0 Å². The van der Waals surface area contributed by atoms with Crippen LogP contribution < -0.4 is 0 Å². The molecular weight excluding hydrogens is 426 g/mol. The highest BCUT2D eigenvalue weighted by atomic mass is 16.3. The third kappa shape index (κ3) is 3.30. The Balaban J connectivity index is 1.39. The first-order valence-corrected chi connectivity index (χ1v) is 12.0. The molecule has 0 radical (unpaired) electrons. The zero-order chi connectivity index (χ0) is 23.1. The first-order chi connectivity index (χ1) is 16.7. The Morgan fingerprint density at radius 1 is 1.00 bits per heavy atom. The van der Waals surface area contributed by atoms with Gasteiger partial charge >= 0.3 is 0 Å². The molecule has 1 aliphatic carbocycles. The molecule has 6 rings (SSSR count). The summed E-state index contributed by atoms with van der Waals surface area (Å²) in [7, 11) is 0. The van der Waals surface area contributed by atoms with E-state index in [2.05, 4.69) is 9.97 Å². The second kappa shape index (κ2) is 8.33. The maximum absolute atomic E-state index is 14.0. The number of fused-ring (bicyclic) bond motifs is 2. The van der Waals surface area contributed by atoms with Gasteiger partial charge in [0.25, 0.3) is 5.91 Å². The summed E-state index contributed by atoms with van der Waals surface area (Å²) < 4.78 is 1.86. The molecule has 2 fully saturated rings. The average Bonchev–Trinajstić information content (AvgIpc) is 3.30. The number of amides is 1. The number of pyridine rings is 1. The van der Waals surface area contributed by atoms with Gasteiger partial charge < -0.3 is 10.0 Å². The molecule has 3 atom stereocenters. The van der Waals surface area contributed by atoms with Gasteiger partial charge in [0.05, 0.1) is 11.1 Å². The fourth-order valence-corrected chi connectivity index (χ4v) is 5.97. The molecule has 4 heterocycles. The van der Waals surface area contributed by atoms with Gasteiger partial charge in [0.2, 0.25) is 5.82 Å². The lowest BCUT2D eigenvalue weighted by molar-refractivity contribution is -0.110. The van der Waals surface area contributed by atoms with Crippen molar-refractivity contribution in [2.75, 3.05) is 6.54 Å². The molecule has 1 amide bonds. The Kier molecular flexibility index (Phi) is 5.14. The van der Waals surface area contributed by atoms with Gasteiger partial charge in [-0.15, -0.1) is 0 Å². The molecule has 1 N–H and O–H groups in total. The fraction of sp³-hybridized carbons (Fsp3) is 0.333. The van der Waals surface area contributed by atoms with E-state index in [1.54, 1.807) is 12.4 Å². The Labute approximate surface area is 198 Å². The zero-order valence-corrected chi connectivity index (χ0v) is 18.9. The van der Waals surface area contributed by atoms with Gasteiger partial charge in [-0.05, 0) is 37.0 Å². The molecule has 172 valence electrons. The summed E-state index contributed by atoms with van der Waals surface area (Å²) in [6.07, 6.45) is 11.3. The normalized spacial score (nSPS) is 24.7. The van der Waals surface area contributed by atoms with Crippen LogP contribution in [0.15, 0.2) is 73.4 Å². The minimum Gasteiger partial charge on any atom is -0.385 e. The Bertz CT molecular complexity index is 1320. The number of piperidine rings is 1. The maximum atomic E-state index is 14.0. The van der Waals surface area contributed by atoms with Gasteiger partial charge in [0, 0.05) is 42.7 Å². The molecule has 3 aromatic heterocycles. The van der Waals surface area contributed by atoms with Crippen molar-refractivity contribution in [1.82, 2.24) is 24.3 Å². The highest BCUT2D eigenvalue weighted by Crippen LogP contribution is 2.47. The van der Waals surface area contributed by atoms with Crippen molar-refractivity contribution in [1.29, 1.82) is 0 Å². The molecular formula is C27H27N5O2. The smallest absolute Gasteiger partial charge is 0.290 e. The van der Waals surface area contributed by atoms with E-state index in [4.69, 9.17) is 4.98 Å². The van der Waals surface area contributed by atoms with Crippen molar-refractivity contribution in [2.24, 2.45) is 5.92 Å². The molecule has 34 heavy (non-hydrogen) atoms. The number of hydrogen-bond acceptors (Lipinski definition) is 5. The summed E-state index contributed by atoms with van der Waals surface area (Å²) in [5.74, 6) is 0.315. The lowest BCUT2D eigenvalue weighted by Gasteiger charge is -2.52. The van der Waals surface area contributed by atoms with Gasteiger partial charge in [0.15, 0.2) is 0 Å². The van der Waals surface area contributed by atoms with E-state index in [0.29, 0.717) is 24.5 Å². The number of nitrogens with zero attached hydrogens (tertiary/aromatic N) is 5. The van der Waals surface area contributed by atoms with Crippen LogP contribution in [0.1, 0.15) is 48.3 Å². The van der Waals surface area contributed by atoms with Gasteiger partial charge in [0.1, 0.15) is 12.0 Å². The van der Waals surface area contributed by atoms with E-state index in [1.165, 1.54) is 6.33 Å². The molecule has 2 aliphatic rings. The van der Waals surface area contributed by atoms with E-state index >= 15 is 0 Å². The number of carbonyl (C=O) groups excluding carboxylic acids is 1. The van der Waals surface area contributed by atoms with Crippen molar-refractivity contribution in [3.63, 3.8) is 0 Å². The Morgan fingerprint density at radius 2 is 1.76 bits per heavy atom. The van der Waals surface area contributed by atoms with E-state index < -0.39 is 5.60 Å². The topological polar surface area (TPSA) is 83.6 Å². The summed E-state index contributed by atoms with van der Waals surface area (Å²) >= 11 is 0. The summed E-state index contributed by atoms with van der Waals surface area (Å²) in [4.78, 5) is 29.0. The number of imidazole rings is 1. The van der Waals surface area contributed by atoms with Crippen LogP contribution in [0.2, 0.25) is 0 Å². The first kappa shape index (κ1) is 21.0. The summed E-state index contributed by atoms with van der Waals surface area (Å²) in [5.41, 5.74) is 2.36. The quantitative estimate of drug-likeness (QED) is 0.505. The van der Waals surface area contributed by atoms with E-state index in [9.17, 15) is 9.90 Å². The van der Waals surface area contributed by atoms with Gasteiger partial charge in [-0.3, -0.25) is 9.20 Å². The summed E-state index contributed by atoms with van der Waals surface area (Å²) in [6, 6.07) is 15.8. The highest BCUT2D eigenvalue weighted by Gasteiger charge is 2.50. The third-order valence-electron chi connectivity index (χ3n) is 7.59. The number of hydrogen-bond donors (Lipinski definition) is 1. The van der Waals surface area contributed by atoms with E-state index in [0.717, 1.165) is 42.3 Å². The zero-order valence-electron chi connectivity index (χ0n) is 18.9. The van der Waals surface area contributed by atoms with Crippen molar-refractivity contribution in [3.8, 4) is 11.3 Å². The number of carbonyl (C=O) groups is 1. The second-order valence-electron chi connectivity index (χ2n) is 9.36. The molecule has 1 aliphatic heterocycles. The molecule has 0 spiro atoms. The number of aliphatic hydroxyl groups is 1. The van der Waals surface area contributed by atoms with Crippen LogP contribution >= 0.6 is 0 Å². The second-order valence-corrected chi connectivity index (χ2v) is 9.36. The van der Waals surface area contributed by atoms with Gasteiger partial charge in [-0.1, -0.05) is 49.2 Å². The van der Waals surface area contributed by atoms with Crippen LogP contribution in [0.25, 0.3) is 16.8 Å². The molecule has 1 aromatic carbocycles. The monoisotopic (exact) mass is 453 g/mol. The van der Waals surface area contributed by atoms with Crippen molar-refractivity contribution in [3.05, 3.63) is 84.8 Å². The number of rotatable bonds is 3. The fourth-order valence-electron chi connectivity index (χ4n) is 5.97. The number of likely N-dealkylation sites (tertiary alicyclic amines) is 1. The van der Waals surface area contributed by atoms with Crippen LogP contribution in [0.3, 0.4) is 0 Å². The first-order valence-electron chi connectivity index (χ1n) is 12.0. The van der Waals surface area contributed by atoms with Crippen LogP contribution in [-0.2, 0) is 5.60 Å². The molecule has 3 unspecified atom stereocenters. The molecule has 0 bridgehead atoms. The third-order valence-corrected chi connectivity index (χ3v) is 7.59. The van der Waals surface area contributed by atoms with Crippen LogP contribution in [0, 0.1) is 5.92 Å². The van der Waals surface area contributed by atoms with Crippen molar-refractivity contribution in [2.45, 2.75) is 43.7 Å².